The molecule has 0 saturated heterocycles. The van der Waals surface area contributed by atoms with Crippen molar-refractivity contribution in [2.24, 2.45) is 0 Å². The van der Waals surface area contributed by atoms with Gasteiger partial charge in [0.15, 0.2) is 0 Å². The fraction of sp³-hybridized carbons (Fsp3) is 0.467. The van der Waals surface area contributed by atoms with E-state index in [0.29, 0.717) is 0 Å². The molecule has 0 aliphatic heterocycles. The number of halogens is 1. The predicted octanol–water partition coefficient (Wildman–Crippen LogP) is 5.25. The Morgan fingerprint density at radius 3 is 2.88 bits per heavy atom. The van der Waals surface area contributed by atoms with Crippen LogP contribution in [0.2, 0.25) is 5.02 Å². The fourth-order valence-electron chi connectivity index (χ4n) is 2.42. The Morgan fingerprint density at radius 2 is 2.06 bits per heavy atom. The molecule has 0 atom stereocenters. The second kappa shape index (κ2) is 5.54. The molecule has 0 spiro atoms. The first-order valence-corrected chi connectivity index (χ1v) is 6.67. The maximum Gasteiger partial charge on any atom is 0.0412 e. The Hall–Kier alpha value is -0.750. The van der Waals surface area contributed by atoms with Crippen LogP contribution >= 0.6 is 11.6 Å². The van der Waals surface area contributed by atoms with Gasteiger partial charge in [0.1, 0.15) is 0 Å². The molecule has 0 radical (unpaired) electrons. The van der Waals surface area contributed by atoms with Crippen molar-refractivity contribution in [1.29, 1.82) is 0 Å². The lowest BCUT2D eigenvalue weighted by molar-refractivity contribution is 0.720. The molecule has 0 N–H and O–H groups in total. The summed E-state index contributed by atoms with van der Waals surface area (Å²) in [4.78, 5) is 0. The molecule has 1 aromatic rings. The minimum Gasteiger partial charge on any atom is -0.0843 e. The first-order valence-electron chi connectivity index (χ1n) is 6.29. The predicted molar refractivity (Wildman–Crippen MR) is 71.9 cm³/mol. The van der Waals surface area contributed by atoms with E-state index in [9.17, 15) is 0 Å². The van der Waals surface area contributed by atoms with Gasteiger partial charge in [-0.15, -0.1) is 0 Å². The first-order chi connectivity index (χ1) is 7.81. The molecule has 1 aliphatic carbocycles. The van der Waals surface area contributed by atoms with Gasteiger partial charge in [-0.1, -0.05) is 37.1 Å². The zero-order valence-electron chi connectivity index (χ0n) is 9.93. The van der Waals surface area contributed by atoms with Crippen LogP contribution in [-0.4, -0.2) is 0 Å². The number of benzene rings is 1. The van der Waals surface area contributed by atoms with Gasteiger partial charge in [0.2, 0.25) is 0 Å². The van der Waals surface area contributed by atoms with Crippen LogP contribution in [0.5, 0.6) is 0 Å². The van der Waals surface area contributed by atoms with Gasteiger partial charge in [-0.25, -0.2) is 0 Å². The van der Waals surface area contributed by atoms with E-state index in [4.69, 9.17) is 11.6 Å². The zero-order chi connectivity index (χ0) is 11.4. The molecule has 0 unspecified atom stereocenters. The topological polar surface area (TPSA) is 0 Å². The Balaban J connectivity index is 2.36. The third-order valence-corrected chi connectivity index (χ3v) is 3.57. The van der Waals surface area contributed by atoms with Gasteiger partial charge >= 0.3 is 0 Å². The smallest absolute Gasteiger partial charge is 0.0412 e. The summed E-state index contributed by atoms with van der Waals surface area (Å²) in [6.07, 6.45) is 9.97. The normalized spacial score (nSPS) is 16.8. The standard InChI is InChI=1S/C15H19Cl/c1-2-12-9-10-14(16)11-15(12)13-7-5-3-4-6-8-13/h7,9-11H,2-6,8H2,1H3. The summed E-state index contributed by atoms with van der Waals surface area (Å²) in [6.45, 7) is 2.21. The van der Waals surface area contributed by atoms with Gasteiger partial charge in [-0.05, 0) is 60.9 Å². The van der Waals surface area contributed by atoms with Crippen molar-refractivity contribution in [3.05, 3.63) is 40.4 Å². The van der Waals surface area contributed by atoms with E-state index in [1.165, 1.54) is 48.8 Å². The molecule has 1 aromatic carbocycles. The number of hydrogen-bond donors (Lipinski definition) is 0. The third-order valence-electron chi connectivity index (χ3n) is 3.34. The highest BCUT2D eigenvalue weighted by atomic mass is 35.5. The van der Waals surface area contributed by atoms with Crippen molar-refractivity contribution < 1.29 is 0 Å². The average Bonchev–Trinajstić information content (AvgIpc) is 2.57. The van der Waals surface area contributed by atoms with Gasteiger partial charge in [-0.2, -0.15) is 0 Å². The largest absolute Gasteiger partial charge is 0.0843 e. The van der Waals surface area contributed by atoms with E-state index < -0.39 is 0 Å². The molecule has 2 rings (SSSR count). The zero-order valence-corrected chi connectivity index (χ0v) is 10.7. The summed E-state index contributed by atoms with van der Waals surface area (Å²) in [6, 6.07) is 6.31. The number of aryl methyl sites for hydroxylation is 1. The highest BCUT2D eigenvalue weighted by Crippen LogP contribution is 2.30. The van der Waals surface area contributed by atoms with E-state index in [-0.39, 0.29) is 0 Å². The Kier molecular flexibility index (Phi) is 4.06. The van der Waals surface area contributed by atoms with E-state index >= 15 is 0 Å². The van der Waals surface area contributed by atoms with Crippen molar-refractivity contribution in [2.75, 3.05) is 0 Å². The van der Waals surface area contributed by atoms with E-state index in [1.54, 1.807) is 0 Å². The van der Waals surface area contributed by atoms with E-state index in [1.807, 2.05) is 6.07 Å². The van der Waals surface area contributed by atoms with Crippen molar-refractivity contribution in [2.45, 2.75) is 45.4 Å². The Bertz CT molecular complexity index is 390. The van der Waals surface area contributed by atoms with Crippen LogP contribution < -0.4 is 0 Å². The van der Waals surface area contributed by atoms with Crippen LogP contribution in [0.1, 0.15) is 50.2 Å². The molecule has 1 aliphatic rings. The molecule has 0 amide bonds. The fourth-order valence-corrected chi connectivity index (χ4v) is 2.59. The third kappa shape index (κ3) is 2.68. The van der Waals surface area contributed by atoms with Crippen molar-refractivity contribution in [3.63, 3.8) is 0 Å². The van der Waals surface area contributed by atoms with Crippen LogP contribution in [0.4, 0.5) is 0 Å². The lowest BCUT2D eigenvalue weighted by atomic mass is 9.95. The molecule has 0 bridgehead atoms. The summed E-state index contributed by atoms with van der Waals surface area (Å²) < 4.78 is 0. The maximum absolute atomic E-state index is 6.11. The molecular formula is C15H19Cl. The summed E-state index contributed by atoms with van der Waals surface area (Å²) in [5, 5.41) is 0.859. The van der Waals surface area contributed by atoms with Gasteiger partial charge < -0.3 is 0 Å². The molecule has 0 fully saturated rings. The van der Waals surface area contributed by atoms with Crippen LogP contribution in [0.3, 0.4) is 0 Å². The lowest BCUT2D eigenvalue weighted by Gasteiger charge is -2.11. The summed E-state index contributed by atoms with van der Waals surface area (Å²) in [5.74, 6) is 0. The van der Waals surface area contributed by atoms with Crippen LogP contribution in [0, 0.1) is 0 Å². The number of hydrogen-bond acceptors (Lipinski definition) is 0. The number of rotatable bonds is 2. The molecule has 1 heteroatoms. The van der Waals surface area contributed by atoms with Gasteiger partial charge in [0.05, 0.1) is 0 Å². The molecule has 0 heterocycles. The van der Waals surface area contributed by atoms with Crippen molar-refractivity contribution in [3.8, 4) is 0 Å². The van der Waals surface area contributed by atoms with Crippen molar-refractivity contribution >= 4 is 17.2 Å². The molecule has 0 aromatic heterocycles. The van der Waals surface area contributed by atoms with Crippen LogP contribution in [0.25, 0.3) is 5.57 Å². The monoisotopic (exact) mass is 234 g/mol. The minimum absolute atomic E-state index is 0.859. The second-order valence-corrected chi connectivity index (χ2v) is 4.92. The van der Waals surface area contributed by atoms with Crippen LogP contribution in [-0.2, 0) is 6.42 Å². The van der Waals surface area contributed by atoms with E-state index in [0.717, 1.165) is 11.4 Å². The summed E-state index contributed by atoms with van der Waals surface area (Å²) in [5.41, 5.74) is 4.33. The minimum atomic E-state index is 0.859. The second-order valence-electron chi connectivity index (χ2n) is 4.48. The summed E-state index contributed by atoms with van der Waals surface area (Å²) in [7, 11) is 0. The molecule has 0 nitrogen and oxygen atoms in total. The maximum atomic E-state index is 6.11. The summed E-state index contributed by atoms with van der Waals surface area (Å²) >= 11 is 6.11. The molecule has 86 valence electrons. The van der Waals surface area contributed by atoms with Gasteiger partial charge in [0.25, 0.3) is 0 Å². The van der Waals surface area contributed by atoms with Gasteiger partial charge in [0, 0.05) is 5.02 Å². The average molecular weight is 235 g/mol. The SMILES string of the molecule is CCc1ccc(Cl)cc1C1=CCCCCC1. The van der Waals surface area contributed by atoms with Crippen LogP contribution in [0.15, 0.2) is 24.3 Å². The Morgan fingerprint density at radius 1 is 1.19 bits per heavy atom. The van der Waals surface area contributed by atoms with E-state index in [2.05, 4.69) is 25.1 Å². The number of allylic oxidation sites excluding steroid dienone is 2. The molecule has 0 saturated carbocycles. The van der Waals surface area contributed by atoms with Crippen molar-refractivity contribution in [1.82, 2.24) is 0 Å². The van der Waals surface area contributed by atoms with Gasteiger partial charge in [-0.3, -0.25) is 0 Å². The quantitative estimate of drug-likeness (QED) is 0.656. The molecular weight excluding hydrogens is 216 g/mol. The first kappa shape index (κ1) is 11.7. The lowest BCUT2D eigenvalue weighted by Crippen LogP contribution is -1.92. The highest BCUT2D eigenvalue weighted by Gasteiger charge is 2.09. The molecule has 16 heavy (non-hydrogen) atoms. The Labute approximate surface area is 103 Å². The highest BCUT2D eigenvalue weighted by molar-refractivity contribution is 6.30.